The van der Waals surface area contributed by atoms with E-state index in [9.17, 15) is 18.4 Å². The normalized spacial score (nSPS) is 19.1. The third-order valence-electron chi connectivity index (χ3n) is 7.97. The minimum atomic E-state index is -3.06. The number of hydrazine groups is 1. The molecular weight excluding hydrogens is 640 g/mol. The Bertz CT molecular complexity index is 1950. The Morgan fingerprint density at radius 2 is 1.96 bits per heavy atom. The number of amides is 1. The lowest BCUT2D eigenvalue weighted by atomic mass is 9.93. The van der Waals surface area contributed by atoms with Gasteiger partial charge in [0.15, 0.2) is 0 Å². The average molecular weight is 674 g/mol. The zero-order valence-corrected chi connectivity index (χ0v) is 26.7. The van der Waals surface area contributed by atoms with Crippen molar-refractivity contribution in [1.29, 1.82) is 0 Å². The fraction of sp³-hybridized carbons (Fsp3) is 0.206. The molecular formula is C34H34ClF2N9O2. The van der Waals surface area contributed by atoms with Gasteiger partial charge in [0.25, 0.3) is 5.56 Å². The number of hydrogen-bond acceptors (Lipinski definition) is 9. The number of alkyl halides is 2. The lowest BCUT2D eigenvalue weighted by molar-refractivity contribution is -0.123. The van der Waals surface area contributed by atoms with E-state index in [1.165, 1.54) is 28.2 Å². The van der Waals surface area contributed by atoms with Crippen molar-refractivity contribution in [3.63, 3.8) is 0 Å². The second kappa shape index (κ2) is 15.0. The lowest BCUT2D eigenvalue weighted by Gasteiger charge is -2.24. The number of nitrogens with two attached hydrogens (primary N) is 3. The van der Waals surface area contributed by atoms with Gasteiger partial charge in [0.2, 0.25) is 5.91 Å². The van der Waals surface area contributed by atoms with Gasteiger partial charge in [-0.3, -0.25) is 24.1 Å². The van der Waals surface area contributed by atoms with Crippen LogP contribution in [0.1, 0.15) is 48.9 Å². The van der Waals surface area contributed by atoms with Gasteiger partial charge in [0, 0.05) is 58.5 Å². The van der Waals surface area contributed by atoms with Crippen molar-refractivity contribution in [2.75, 3.05) is 5.01 Å². The third-order valence-corrected chi connectivity index (χ3v) is 8.21. The molecule has 14 heteroatoms. The first kappa shape index (κ1) is 33.9. The summed E-state index contributed by atoms with van der Waals surface area (Å²) in [4.78, 5) is 38.9. The summed E-state index contributed by atoms with van der Waals surface area (Å²) in [5.74, 6) is 5.56. The Kier molecular flexibility index (Phi) is 10.6. The van der Waals surface area contributed by atoms with E-state index in [0.29, 0.717) is 63.6 Å². The van der Waals surface area contributed by atoms with Gasteiger partial charge in [-0.15, -0.1) is 0 Å². The molecule has 1 amide bonds. The molecule has 0 aliphatic carbocycles. The summed E-state index contributed by atoms with van der Waals surface area (Å²) in [7, 11) is 0. The molecule has 1 aliphatic rings. The van der Waals surface area contributed by atoms with Crippen molar-refractivity contribution in [1.82, 2.24) is 19.9 Å². The summed E-state index contributed by atoms with van der Waals surface area (Å²) >= 11 is 6.36. The number of halogens is 3. The molecule has 0 saturated carbocycles. The predicted octanol–water partition coefficient (Wildman–Crippen LogP) is 4.93. The van der Waals surface area contributed by atoms with E-state index in [0.717, 1.165) is 6.20 Å². The van der Waals surface area contributed by atoms with Crippen LogP contribution in [-0.4, -0.2) is 32.7 Å². The highest BCUT2D eigenvalue weighted by atomic mass is 35.5. The number of nitrogens with one attached hydrogen (secondary N) is 1. The minimum Gasteiger partial charge on any atom is -0.403 e. The Balaban J connectivity index is 1.56. The molecule has 0 radical (unpaired) electrons. The van der Waals surface area contributed by atoms with Gasteiger partial charge in [-0.05, 0) is 54.8 Å². The van der Waals surface area contributed by atoms with E-state index in [4.69, 9.17) is 28.9 Å². The van der Waals surface area contributed by atoms with Gasteiger partial charge >= 0.3 is 6.55 Å². The average Bonchev–Trinajstić information content (AvgIpc) is 3.08. The molecule has 2 bridgehead atoms. The van der Waals surface area contributed by atoms with E-state index in [2.05, 4.69) is 20.3 Å². The first-order valence-corrected chi connectivity index (χ1v) is 15.4. The first-order chi connectivity index (χ1) is 23.0. The number of nitrogens with zero attached hydrogens (tertiary/aromatic N) is 5. The first-order valence-electron chi connectivity index (χ1n) is 15.0. The number of carbonyl (C=O) groups excluding carboxylic acids is 1. The largest absolute Gasteiger partial charge is 0.403 e. The topological polar surface area (TPSA) is 171 Å². The highest BCUT2D eigenvalue weighted by molar-refractivity contribution is 6.31. The summed E-state index contributed by atoms with van der Waals surface area (Å²) in [5, 5.41) is 4.36. The summed E-state index contributed by atoms with van der Waals surface area (Å²) in [6.07, 6.45) is 8.75. The number of aromatic nitrogens is 3. The molecule has 1 aliphatic heterocycles. The molecule has 7 N–H and O–H groups in total. The van der Waals surface area contributed by atoms with E-state index in [1.807, 2.05) is 0 Å². The highest BCUT2D eigenvalue weighted by Crippen LogP contribution is 2.32. The third kappa shape index (κ3) is 7.76. The zero-order chi connectivity index (χ0) is 34.4. The van der Waals surface area contributed by atoms with Crippen LogP contribution in [0.2, 0.25) is 5.02 Å². The molecule has 2 aromatic heterocycles. The molecule has 2 atom stereocenters. The second-order valence-corrected chi connectivity index (χ2v) is 11.6. The number of aliphatic imine (C=N–C) groups is 1. The molecule has 0 saturated heterocycles. The van der Waals surface area contributed by atoms with Gasteiger partial charge in [0.05, 0.1) is 40.9 Å². The monoisotopic (exact) mass is 673 g/mol. The van der Waals surface area contributed by atoms with Crippen LogP contribution in [0.4, 0.5) is 14.5 Å². The summed E-state index contributed by atoms with van der Waals surface area (Å²) in [6.45, 7) is -1.32. The van der Waals surface area contributed by atoms with Crippen LogP contribution in [0, 0.1) is 5.92 Å². The van der Waals surface area contributed by atoms with E-state index >= 15 is 0 Å². The van der Waals surface area contributed by atoms with Crippen molar-refractivity contribution < 1.29 is 13.6 Å². The van der Waals surface area contributed by atoms with Crippen LogP contribution < -0.4 is 33.2 Å². The van der Waals surface area contributed by atoms with Crippen LogP contribution in [0.3, 0.4) is 0 Å². The van der Waals surface area contributed by atoms with Crippen molar-refractivity contribution in [3.05, 3.63) is 130 Å². The van der Waals surface area contributed by atoms with Gasteiger partial charge < -0.3 is 16.8 Å². The number of hydrogen-bond donors (Lipinski definition) is 4. The quantitative estimate of drug-likeness (QED) is 0.127. The number of pyridine rings is 1. The highest BCUT2D eigenvalue weighted by Gasteiger charge is 2.24. The molecule has 5 rings (SSSR count). The molecule has 11 nitrogen and oxygen atoms in total. The molecule has 0 fully saturated rings. The number of fused-ring (bicyclic) bond motifs is 2. The van der Waals surface area contributed by atoms with Crippen molar-refractivity contribution in [2.24, 2.45) is 28.2 Å². The lowest BCUT2D eigenvalue weighted by Crippen LogP contribution is -2.34. The Morgan fingerprint density at radius 1 is 1.15 bits per heavy atom. The van der Waals surface area contributed by atoms with Crippen LogP contribution in [-0.2, 0) is 4.79 Å². The minimum absolute atomic E-state index is 0.0343. The maximum Gasteiger partial charge on any atom is 0.332 e. The standard InChI is InChI=1S/C34H34ClF2N9O2/c1-20-5-2-9-29(21-6-3-7-22(13-21)32(44-34(36)37)28(16-38)43-33(20)48)45-19-42-27(15-31(45)47)25-14-24(35)10-11-30(25)46(40)18-26(39)23-8-4-12-41-17-23/h3-4,6-8,10-20,29,34H,2,5,9,38-40H2,1H3,(H,43,48)/b26-18-,28-16?,44-32?. The van der Waals surface area contributed by atoms with Gasteiger partial charge in [-0.2, -0.15) is 8.78 Å². The molecule has 3 heterocycles. The molecule has 48 heavy (non-hydrogen) atoms. The Morgan fingerprint density at radius 3 is 2.67 bits per heavy atom. The molecule has 2 aromatic carbocycles. The number of anilines is 1. The number of rotatable bonds is 6. The summed E-state index contributed by atoms with van der Waals surface area (Å²) in [5.41, 5.74) is 14.7. The van der Waals surface area contributed by atoms with Crippen LogP contribution in [0.15, 0.2) is 107 Å². The number of allylic oxidation sites excluding steroid dienone is 1. The SMILES string of the molecule is CC1CCCC(n2cnc(-c3cc(Cl)ccc3N(N)/C=C(\N)c3cccnc3)cc2=O)c2cccc(c2)C(=NC(F)F)C(=CN)NC1=O. The van der Waals surface area contributed by atoms with E-state index in [1.54, 1.807) is 73.9 Å². The van der Waals surface area contributed by atoms with Crippen LogP contribution in [0.5, 0.6) is 0 Å². The predicted molar refractivity (Wildman–Crippen MR) is 183 cm³/mol. The maximum absolute atomic E-state index is 13.8. The van der Waals surface area contributed by atoms with Gasteiger partial charge in [-0.1, -0.05) is 43.1 Å². The number of benzene rings is 2. The molecule has 2 unspecified atom stereocenters. The van der Waals surface area contributed by atoms with Crippen molar-refractivity contribution >= 4 is 34.6 Å². The summed E-state index contributed by atoms with van der Waals surface area (Å²) in [6, 6.07) is 16.1. The van der Waals surface area contributed by atoms with Crippen molar-refractivity contribution in [3.8, 4) is 11.3 Å². The van der Waals surface area contributed by atoms with E-state index in [-0.39, 0.29) is 22.9 Å². The maximum atomic E-state index is 13.8. The second-order valence-electron chi connectivity index (χ2n) is 11.2. The fourth-order valence-corrected chi connectivity index (χ4v) is 5.67. The Labute approximate surface area is 280 Å². The van der Waals surface area contributed by atoms with Gasteiger partial charge in [-0.25, -0.2) is 15.8 Å². The molecule has 0 spiro atoms. The van der Waals surface area contributed by atoms with Gasteiger partial charge in [0.1, 0.15) is 0 Å². The van der Waals surface area contributed by atoms with Crippen LogP contribution >= 0.6 is 11.6 Å². The van der Waals surface area contributed by atoms with Crippen LogP contribution in [0.25, 0.3) is 17.0 Å². The zero-order valence-electron chi connectivity index (χ0n) is 25.9. The van der Waals surface area contributed by atoms with E-state index < -0.39 is 18.5 Å². The number of carbonyl (C=O) groups is 1. The van der Waals surface area contributed by atoms with Crippen molar-refractivity contribution in [2.45, 2.75) is 38.8 Å². The fourth-order valence-electron chi connectivity index (χ4n) is 5.50. The summed E-state index contributed by atoms with van der Waals surface area (Å²) < 4.78 is 28.7. The Hall–Kier alpha value is -5.40. The molecule has 248 valence electrons. The smallest absolute Gasteiger partial charge is 0.332 e. The molecule has 4 aromatic rings.